The van der Waals surface area contributed by atoms with Crippen LogP contribution in [0, 0.1) is 12.3 Å². The summed E-state index contributed by atoms with van der Waals surface area (Å²) in [6.07, 6.45) is 1.48. The molecule has 2 heterocycles. The van der Waals surface area contributed by atoms with Gasteiger partial charge in [0.05, 0.1) is 18.9 Å². The van der Waals surface area contributed by atoms with Crippen molar-refractivity contribution in [3.8, 4) is 24.0 Å². The van der Waals surface area contributed by atoms with Gasteiger partial charge in [-0.05, 0) is 17.5 Å². The second kappa shape index (κ2) is 5.32. The zero-order chi connectivity index (χ0) is 16.6. The Morgan fingerprint density at radius 1 is 1.26 bits per heavy atom. The summed E-state index contributed by atoms with van der Waals surface area (Å²) >= 11 is 0. The predicted molar refractivity (Wildman–Crippen MR) is 78.4 cm³/mol. The molecule has 0 aliphatic rings. The molecule has 0 aliphatic carbocycles. The zero-order valence-electron chi connectivity index (χ0n) is 11.9. The Bertz CT molecular complexity index is 922. The van der Waals surface area contributed by atoms with Crippen molar-refractivity contribution in [2.24, 2.45) is 0 Å². The molecular formula is C16H10F3N3O. The molecule has 0 saturated carbocycles. The lowest BCUT2D eigenvalue weighted by atomic mass is 10.1. The quantitative estimate of drug-likeness (QED) is 0.680. The minimum Gasteiger partial charge on any atom is -0.480 e. The molecule has 1 aromatic carbocycles. The molecule has 23 heavy (non-hydrogen) atoms. The van der Waals surface area contributed by atoms with E-state index in [9.17, 15) is 13.2 Å². The molecule has 3 aromatic rings. The number of benzene rings is 1. The standard InChI is InChI=1S/C16H10F3N3O/c1-3-10-9-20-22(14(10)16(17,18)19)13-8-11-6-4-5-7-12(11)15(21-13)23-2/h1,4-9H,2H3. The second-order valence-electron chi connectivity index (χ2n) is 4.67. The summed E-state index contributed by atoms with van der Waals surface area (Å²) < 4.78 is 45.7. The fourth-order valence-corrected chi connectivity index (χ4v) is 2.32. The summed E-state index contributed by atoms with van der Waals surface area (Å²) in [5, 5.41) is 5.11. The number of methoxy groups -OCH3 is 1. The van der Waals surface area contributed by atoms with Crippen LogP contribution in [0.4, 0.5) is 13.2 Å². The van der Waals surface area contributed by atoms with Gasteiger partial charge >= 0.3 is 6.18 Å². The van der Waals surface area contributed by atoms with Crippen molar-refractivity contribution in [1.82, 2.24) is 14.8 Å². The lowest BCUT2D eigenvalue weighted by Crippen LogP contribution is -2.16. The number of terminal acetylenes is 1. The normalized spacial score (nSPS) is 11.4. The largest absolute Gasteiger partial charge is 0.480 e. The minimum atomic E-state index is -4.65. The van der Waals surface area contributed by atoms with Gasteiger partial charge in [0.15, 0.2) is 11.5 Å². The Kier molecular flexibility index (Phi) is 3.45. The van der Waals surface area contributed by atoms with Crippen LogP contribution in [0.15, 0.2) is 36.5 Å². The molecule has 0 aliphatic heterocycles. The number of nitrogens with zero attached hydrogens (tertiary/aromatic N) is 3. The predicted octanol–water partition coefficient (Wildman–Crippen LogP) is 3.43. The topological polar surface area (TPSA) is 39.9 Å². The lowest BCUT2D eigenvalue weighted by molar-refractivity contribution is -0.143. The number of rotatable bonds is 2. The van der Waals surface area contributed by atoms with Crippen LogP contribution in [0.3, 0.4) is 0 Å². The van der Waals surface area contributed by atoms with E-state index in [2.05, 4.69) is 10.1 Å². The summed E-state index contributed by atoms with van der Waals surface area (Å²) in [6.45, 7) is 0. The first-order valence-electron chi connectivity index (χ1n) is 6.51. The molecule has 2 aromatic heterocycles. The Hall–Kier alpha value is -3.01. The maximum atomic E-state index is 13.3. The van der Waals surface area contributed by atoms with Crippen LogP contribution in [0.5, 0.6) is 5.88 Å². The van der Waals surface area contributed by atoms with Crippen LogP contribution >= 0.6 is 0 Å². The van der Waals surface area contributed by atoms with E-state index in [1.165, 1.54) is 13.2 Å². The Morgan fingerprint density at radius 2 is 2.00 bits per heavy atom. The fraction of sp³-hybridized carbons (Fsp3) is 0.125. The first-order chi connectivity index (χ1) is 11.0. The SMILES string of the molecule is C#Cc1cnn(-c2cc3ccccc3c(OC)n2)c1C(F)(F)F. The summed E-state index contributed by atoms with van der Waals surface area (Å²) in [4.78, 5) is 4.12. The van der Waals surface area contributed by atoms with Crippen molar-refractivity contribution in [3.63, 3.8) is 0 Å². The van der Waals surface area contributed by atoms with Gasteiger partial charge in [0.1, 0.15) is 0 Å². The van der Waals surface area contributed by atoms with Gasteiger partial charge in [-0.25, -0.2) is 4.68 Å². The van der Waals surface area contributed by atoms with Crippen LogP contribution in [-0.2, 0) is 6.18 Å². The van der Waals surface area contributed by atoms with E-state index in [0.29, 0.717) is 15.5 Å². The summed E-state index contributed by atoms with van der Waals surface area (Å²) in [6, 6.07) is 8.58. The van der Waals surface area contributed by atoms with Crippen molar-refractivity contribution in [3.05, 3.63) is 47.8 Å². The molecule has 0 amide bonds. The summed E-state index contributed by atoms with van der Waals surface area (Å²) in [7, 11) is 1.40. The third-order valence-corrected chi connectivity index (χ3v) is 3.30. The van der Waals surface area contributed by atoms with Gasteiger partial charge < -0.3 is 4.74 Å². The van der Waals surface area contributed by atoms with Gasteiger partial charge in [0, 0.05) is 5.39 Å². The number of pyridine rings is 1. The van der Waals surface area contributed by atoms with Gasteiger partial charge in [-0.15, -0.1) is 6.42 Å². The maximum Gasteiger partial charge on any atom is 0.434 e. The molecule has 0 atom stereocenters. The number of halogens is 3. The molecule has 3 rings (SSSR count). The van der Waals surface area contributed by atoms with Crippen molar-refractivity contribution in [2.75, 3.05) is 7.11 Å². The Labute approximate surface area is 129 Å². The third-order valence-electron chi connectivity index (χ3n) is 3.30. The molecule has 0 saturated heterocycles. The summed E-state index contributed by atoms with van der Waals surface area (Å²) in [5.41, 5.74) is -1.38. The average molecular weight is 317 g/mol. The highest BCUT2D eigenvalue weighted by Crippen LogP contribution is 2.34. The second-order valence-corrected chi connectivity index (χ2v) is 4.67. The van der Waals surface area contributed by atoms with Crippen molar-refractivity contribution >= 4 is 10.8 Å². The van der Waals surface area contributed by atoms with E-state index in [1.54, 1.807) is 24.3 Å². The van der Waals surface area contributed by atoms with Crippen LogP contribution < -0.4 is 4.74 Å². The molecular weight excluding hydrogens is 307 g/mol. The molecule has 0 unspecified atom stereocenters. The molecule has 0 radical (unpaired) electrons. The lowest BCUT2D eigenvalue weighted by Gasteiger charge is -2.12. The monoisotopic (exact) mass is 317 g/mol. The first-order valence-corrected chi connectivity index (χ1v) is 6.51. The highest BCUT2D eigenvalue weighted by molar-refractivity contribution is 5.88. The zero-order valence-corrected chi connectivity index (χ0v) is 11.9. The van der Waals surface area contributed by atoms with E-state index in [1.807, 2.05) is 5.92 Å². The number of hydrogen-bond acceptors (Lipinski definition) is 3. The van der Waals surface area contributed by atoms with Crippen LogP contribution in [-0.4, -0.2) is 21.9 Å². The smallest absolute Gasteiger partial charge is 0.434 e. The molecule has 0 bridgehead atoms. The third kappa shape index (κ3) is 2.48. The van der Waals surface area contributed by atoms with E-state index in [-0.39, 0.29) is 17.3 Å². The Morgan fingerprint density at radius 3 is 2.65 bits per heavy atom. The molecule has 0 N–H and O–H groups in total. The number of alkyl halides is 3. The molecule has 4 nitrogen and oxygen atoms in total. The highest BCUT2D eigenvalue weighted by atomic mass is 19.4. The average Bonchev–Trinajstić information content (AvgIpc) is 2.98. The molecule has 7 heteroatoms. The number of aromatic nitrogens is 3. The van der Waals surface area contributed by atoms with E-state index in [4.69, 9.17) is 11.2 Å². The molecule has 0 spiro atoms. The number of hydrogen-bond donors (Lipinski definition) is 0. The van der Waals surface area contributed by atoms with Gasteiger partial charge in [0.2, 0.25) is 5.88 Å². The number of fused-ring (bicyclic) bond motifs is 1. The fourth-order valence-electron chi connectivity index (χ4n) is 2.32. The summed E-state index contributed by atoms with van der Waals surface area (Å²) in [5.74, 6) is 2.19. The van der Waals surface area contributed by atoms with Crippen LogP contribution in [0.2, 0.25) is 0 Å². The van der Waals surface area contributed by atoms with Crippen molar-refractivity contribution in [2.45, 2.75) is 6.18 Å². The van der Waals surface area contributed by atoms with Gasteiger partial charge in [-0.2, -0.15) is 23.3 Å². The molecule has 116 valence electrons. The van der Waals surface area contributed by atoms with Gasteiger partial charge in [-0.1, -0.05) is 24.1 Å². The van der Waals surface area contributed by atoms with Gasteiger partial charge in [0.25, 0.3) is 0 Å². The van der Waals surface area contributed by atoms with Crippen molar-refractivity contribution in [1.29, 1.82) is 0 Å². The first kappa shape index (κ1) is 14.9. The van der Waals surface area contributed by atoms with Crippen LogP contribution in [0.1, 0.15) is 11.3 Å². The van der Waals surface area contributed by atoms with Crippen LogP contribution in [0.25, 0.3) is 16.6 Å². The highest BCUT2D eigenvalue weighted by Gasteiger charge is 2.38. The van der Waals surface area contributed by atoms with E-state index >= 15 is 0 Å². The van der Waals surface area contributed by atoms with E-state index in [0.717, 1.165) is 6.20 Å². The molecule has 0 fully saturated rings. The number of ether oxygens (including phenoxy) is 1. The van der Waals surface area contributed by atoms with Gasteiger partial charge in [-0.3, -0.25) is 0 Å². The van der Waals surface area contributed by atoms with Crippen molar-refractivity contribution < 1.29 is 17.9 Å². The maximum absolute atomic E-state index is 13.3. The van der Waals surface area contributed by atoms with E-state index < -0.39 is 11.9 Å². The Balaban J connectivity index is 2.30. The minimum absolute atomic E-state index is 0.0191.